The van der Waals surface area contributed by atoms with Gasteiger partial charge in [0.05, 0.1) is 6.61 Å². The van der Waals surface area contributed by atoms with Crippen molar-refractivity contribution in [2.45, 2.75) is 26.8 Å². The van der Waals surface area contributed by atoms with Crippen LogP contribution in [0.1, 0.15) is 36.2 Å². The molecule has 30 heavy (non-hydrogen) atoms. The van der Waals surface area contributed by atoms with E-state index in [0.29, 0.717) is 30.9 Å². The van der Waals surface area contributed by atoms with E-state index in [1.807, 2.05) is 31.2 Å². The van der Waals surface area contributed by atoms with Crippen LogP contribution < -0.4 is 9.47 Å². The lowest BCUT2D eigenvalue weighted by molar-refractivity contribution is -0.153. The van der Waals surface area contributed by atoms with Gasteiger partial charge in [-0.2, -0.15) is 0 Å². The lowest BCUT2D eigenvalue weighted by Crippen LogP contribution is -2.31. The first-order valence-corrected chi connectivity index (χ1v) is 9.80. The van der Waals surface area contributed by atoms with E-state index in [1.54, 1.807) is 38.2 Å². The van der Waals surface area contributed by atoms with Crippen LogP contribution >= 0.6 is 0 Å². The van der Waals surface area contributed by atoms with Crippen molar-refractivity contribution in [3.05, 3.63) is 59.7 Å². The largest absolute Gasteiger partial charge is 0.494 e. The number of carbonyl (C=O) groups excluding carboxylic acids is 3. The third kappa shape index (κ3) is 7.24. The summed E-state index contributed by atoms with van der Waals surface area (Å²) in [6.45, 7) is 4.01. The van der Waals surface area contributed by atoms with Crippen LogP contribution in [-0.2, 0) is 20.9 Å². The number of hydrogen-bond acceptors (Lipinski definition) is 6. The number of ether oxygens (including phenoxy) is 3. The molecular formula is C23H27NO6. The molecular weight excluding hydrogens is 386 g/mol. The Morgan fingerprint density at radius 2 is 1.43 bits per heavy atom. The van der Waals surface area contributed by atoms with Gasteiger partial charge in [0.2, 0.25) is 0 Å². The fraction of sp³-hybridized carbons (Fsp3) is 0.348. The minimum atomic E-state index is -0.647. The Bertz CT molecular complexity index is 845. The number of esters is 1. The molecule has 0 N–H and O–H groups in total. The average Bonchev–Trinajstić information content (AvgIpc) is 2.77. The summed E-state index contributed by atoms with van der Waals surface area (Å²) >= 11 is 0. The monoisotopic (exact) mass is 413 g/mol. The number of benzene rings is 2. The quantitative estimate of drug-likeness (QED) is 0.415. The summed E-state index contributed by atoms with van der Waals surface area (Å²) in [4.78, 5) is 37.1. The minimum absolute atomic E-state index is 0.0360. The van der Waals surface area contributed by atoms with Crippen LogP contribution in [0.5, 0.6) is 11.5 Å². The van der Waals surface area contributed by atoms with Crippen molar-refractivity contribution in [1.82, 2.24) is 4.90 Å². The van der Waals surface area contributed by atoms with Crippen LogP contribution in [0.4, 0.5) is 0 Å². The van der Waals surface area contributed by atoms with Gasteiger partial charge in [-0.3, -0.25) is 9.59 Å². The number of carbonyl (C=O) groups is 3. The van der Waals surface area contributed by atoms with Gasteiger partial charge in [0, 0.05) is 25.6 Å². The molecule has 0 aromatic heterocycles. The van der Waals surface area contributed by atoms with Crippen LogP contribution in [0.25, 0.3) is 0 Å². The van der Waals surface area contributed by atoms with Gasteiger partial charge in [-0.25, -0.2) is 4.79 Å². The Kier molecular flexibility index (Phi) is 8.87. The zero-order chi connectivity index (χ0) is 21.9. The predicted octanol–water partition coefficient (Wildman–Crippen LogP) is 3.26. The maximum absolute atomic E-state index is 12.2. The van der Waals surface area contributed by atoms with Gasteiger partial charge in [0.1, 0.15) is 11.5 Å². The average molecular weight is 413 g/mol. The van der Waals surface area contributed by atoms with E-state index in [4.69, 9.17) is 14.2 Å². The summed E-state index contributed by atoms with van der Waals surface area (Å²) in [6, 6.07) is 14.0. The predicted molar refractivity (Wildman–Crippen MR) is 112 cm³/mol. The second-order valence-corrected chi connectivity index (χ2v) is 6.58. The molecule has 0 fully saturated rings. The summed E-state index contributed by atoms with van der Waals surface area (Å²) in [6.07, 6.45) is 0.424. The van der Waals surface area contributed by atoms with Crippen molar-refractivity contribution in [2.24, 2.45) is 0 Å². The Morgan fingerprint density at radius 3 is 2.03 bits per heavy atom. The van der Waals surface area contributed by atoms with E-state index >= 15 is 0 Å². The highest BCUT2D eigenvalue weighted by atomic mass is 16.6. The van der Waals surface area contributed by atoms with Crippen LogP contribution in [0, 0.1) is 0 Å². The fourth-order valence-corrected chi connectivity index (χ4v) is 2.60. The molecule has 7 nitrogen and oxygen atoms in total. The van der Waals surface area contributed by atoms with Gasteiger partial charge in [-0.15, -0.1) is 0 Å². The van der Waals surface area contributed by atoms with E-state index in [9.17, 15) is 14.4 Å². The number of amides is 1. The molecule has 0 bridgehead atoms. The maximum atomic E-state index is 12.2. The van der Waals surface area contributed by atoms with E-state index in [0.717, 1.165) is 11.3 Å². The standard InChI is InChI=1S/C23H27NO6/c1-4-21(25)18-8-12-20(13-9-18)29-16-23(27)30-15-22(26)24(3)14-17-6-10-19(11-7-17)28-5-2/h6-13H,4-5,14-16H2,1-3H3. The highest BCUT2D eigenvalue weighted by Crippen LogP contribution is 2.14. The van der Waals surface area contributed by atoms with Crippen LogP contribution in [0.2, 0.25) is 0 Å². The molecule has 0 radical (unpaired) electrons. The summed E-state index contributed by atoms with van der Waals surface area (Å²) in [5, 5.41) is 0. The first-order valence-electron chi connectivity index (χ1n) is 9.80. The van der Waals surface area contributed by atoms with Gasteiger partial charge >= 0.3 is 5.97 Å². The smallest absolute Gasteiger partial charge is 0.344 e. The number of ketones is 1. The number of rotatable bonds is 11. The fourth-order valence-electron chi connectivity index (χ4n) is 2.60. The maximum Gasteiger partial charge on any atom is 0.344 e. The van der Waals surface area contributed by atoms with Gasteiger partial charge in [0.15, 0.2) is 19.0 Å². The minimum Gasteiger partial charge on any atom is -0.494 e. The third-order valence-corrected chi connectivity index (χ3v) is 4.29. The second kappa shape index (κ2) is 11.6. The van der Waals surface area contributed by atoms with E-state index < -0.39 is 5.97 Å². The SMILES string of the molecule is CCOc1ccc(CN(C)C(=O)COC(=O)COc2ccc(C(=O)CC)cc2)cc1. The van der Waals surface area contributed by atoms with Crippen LogP contribution in [0.15, 0.2) is 48.5 Å². The van der Waals surface area contributed by atoms with Gasteiger partial charge < -0.3 is 19.1 Å². The lowest BCUT2D eigenvalue weighted by atomic mass is 10.1. The Balaban J connectivity index is 1.72. The molecule has 0 spiro atoms. The highest BCUT2D eigenvalue weighted by molar-refractivity contribution is 5.95. The van der Waals surface area contributed by atoms with Crippen LogP contribution in [-0.4, -0.2) is 49.4 Å². The molecule has 160 valence electrons. The van der Waals surface area contributed by atoms with Crippen molar-refractivity contribution in [1.29, 1.82) is 0 Å². The first-order chi connectivity index (χ1) is 14.4. The molecule has 0 unspecified atom stereocenters. The number of likely N-dealkylation sites (N-methyl/N-ethyl adjacent to an activating group) is 1. The number of hydrogen-bond donors (Lipinski definition) is 0. The molecule has 7 heteroatoms. The molecule has 0 heterocycles. The molecule has 0 saturated heterocycles. The summed E-state index contributed by atoms with van der Waals surface area (Å²) in [5.41, 5.74) is 1.53. The summed E-state index contributed by atoms with van der Waals surface area (Å²) in [7, 11) is 1.64. The topological polar surface area (TPSA) is 82.1 Å². The number of nitrogens with zero attached hydrogens (tertiary/aromatic N) is 1. The zero-order valence-electron chi connectivity index (χ0n) is 17.6. The van der Waals surface area contributed by atoms with Gasteiger partial charge in [-0.1, -0.05) is 19.1 Å². The third-order valence-electron chi connectivity index (χ3n) is 4.29. The molecule has 0 aliphatic carbocycles. The van der Waals surface area contributed by atoms with Crippen molar-refractivity contribution < 1.29 is 28.6 Å². The van der Waals surface area contributed by atoms with Gasteiger partial charge in [0.25, 0.3) is 5.91 Å². The normalized spacial score (nSPS) is 10.2. The molecule has 0 aliphatic rings. The van der Waals surface area contributed by atoms with Crippen molar-refractivity contribution in [3.63, 3.8) is 0 Å². The molecule has 0 aliphatic heterocycles. The lowest BCUT2D eigenvalue weighted by Gasteiger charge is -2.17. The van der Waals surface area contributed by atoms with Crippen LogP contribution in [0.3, 0.4) is 0 Å². The first kappa shape index (κ1) is 22.9. The Morgan fingerprint density at radius 1 is 0.833 bits per heavy atom. The van der Waals surface area contributed by atoms with Crippen molar-refractivity contribution >= 4 is 17.7 Å². The number of Topliss-reactive ketones (excluding diaryl/α,β-unsaturated/α-hetero) is 1. The molecule has 2 rings (SSSR count). The second-order valence-electron chi connectivity index (χ2n) is 6.58. The van der Waals surface area contributed by atoms with E-state index in [1.165, 1.54) is 4.90 Å². The molecule has 0 saturated carbocycles. The van der Waals surface area contributed by atoms with E-state index in [-0.39, 0.29) is 24.9 Å². The Hall–Kier alpha value is -3.35. The molecule has 2 aromatic carbocycles. The molecule has 1 amide bonds. The Labute approximate surface area is 176 Å². The highest BCUT2D eigenvalue weighted by Gasteiger charge is 2.13. The van der Waals surface area contributed by atoms with Crippen molar-refractivity contribution in [3.8, 4) is 11.5 Å². The molecule has 0 atom stereocenters. The molecule has 2 aromatic rings. The van der Waals surface area contributed by atoms with E-state index in [2.05, 4.69) is 0 Å². The van der Waals surface area contributed by atoms with Gasteiger partial charge in [-0.05, 0) is 48.9 Å². The van der Waals surface area contributed by atoms with Crippen molar-refractivity contribution in [2.75, 3.05) is 26.9 Å². The summed E-state index contributed by atoms with van der Waals surface area (Å²) in [5.74, 6) is 0.286. The zero-order valence-corrected chi connectivity index (χ0v) is 17.6. The summed E-state index contributed by atoms with van der Waals surface area (Å²) < 4.78 is 15.7.